The fourth-order valence-corrected chi connectivity index (χ4v) is 11.0. The van der Waals surface area contributed by atoms with E-state index in [2.05, 4.69) is 78.8 Å². The number of carbonyl (C=O) groups is 14. The van der Waals surface area contributed by atoms with Crippen LogP contribution in [0, 0.1) is 23.7 Å². The number of carboxylic acids is 1. The van der Waals surface area contributed by atoms with Crippen LogP contribution in [0.15, 0.2) is 78.2 Å². The number of nitrogens with one attached hydrogen (secondary N) is 13. The number of benzene rings is 2. The number of hydrogen-bond donors (Lipinski definition) is 21. The number of amides is 13. The highest BCUT2D eigenvalue weighted by Crippen LogP contribution is 2.16. The summed E-state index contributed by atoms with van der Waals surface area (Å²) in [5.41, 5.74) is 30.0. The SMILES string of the molecule is CC[C@H](C)[C@H](NC(=O)[C@H](CC(N)=O)NC(=O)[C@H](CCCCN)NC(=O)[C@H](Cc1ccccc1)NC(=O)[C@H](Cc1ccccc1)NC(=O)[C@H](Cc1cnc[nH]1)NC(=O)[C@@H](NC(=O)[C@@H](N)C(C)C)C(C)C)C(=O)N[C@H](C(=O)N[C@H](C(=O)N[C@@H](C)C(=O)N[C@@H](CCCN=C(N)N)C(=O)N[C@H](C(=O)O)[C@@H](C)O)[C@@H](C)O)C(C)C. The lowest BCUT2D eigenvalue weighted by molar-refractivity contribution is -0.145. The molecule has 0 saturated heterocycles. The molecule has 13 amide bonds. The van der Waals surface area contributed by atoms with Gasteiger partial charge < -0.3 is 113 Å². The van der Waals surface area contributed by atoms with E-state index in [9.17, 15) is 82.4 Å². The van der Waals surface area contributed by atoms with Crippen molar-refractivity contribution in [2.75, 3.05) is 13.1 Å². The monoisotopic (exact) mass is 1530 g/mol. The third-order valence-electron chi connectivity index (χ3n) is 17.8. The number of aliphatic carboxylic acids is 1. The molecule has 0 unspecified atom stereocenters. The van der Waals surface area contributed by atoms with E-state index < -0.39 is 198 Å². The summed E-state index contributed by atoms with van der Waals surface area (Å²) in [6.45, 7) is 16.8. The number of aliphatic hydroxyl groups is 2. The minimum Gasteiger partial charge on any atom is -0.480 e. The van der Waals surface area contributed by atoms with Crippen molar-refractivity contribution in [1.29, 1.82) is 0 Å². The number of rotatable bonds is 48. The second kappa shape index (κ2) is 46.5. The Morgan fingerprint density at radius 1 is 0.450 bits per heavy atom. The van der Waals surface area contributed by atoms with E-state index in [0.29, 0.717) is 23.2 Å². The first-order valence-electron chi connectivity index (χ1n) is 36.4. The summed E-state index contributed by atoms with van der Waals surface area (Å²) in [6, 6.07) is -2.25. The number of carboxylic acid groups (broad SMARTS) is 1. The van der Waals surface area contributed by atoms with E-state index in [1.54, 1.807) is 102 Å². The van der Waals surface area contributed by atoms with Gasteiger partial charge in [-0.15, -0.1) is 0 Å². The standard InChI is InChI=1S/C72H114N20O17/c1-12-39(8)56(69(106)89-55(38(6)7)68(105)91-57(41(10)93)70(107)81-40(9)59(96)82-47(27-21-29-79-72(76)77)61(98)92-58(42(11)94)71(108)109)90-65(102)51(33-52(74)95)86-60(97)46(26-19-20-28-73)83-62(99)48(30-43-22-15-13-16-23-43)84-63(100)49(31-44-24-17-14-18-25-44)85-64(101)50(32-45-34-78-35-80-45)87-67(104)54(37(4)5)88-66(103)53(75)36(2)3/h13-18,22-25,34-42,46-51,53-58,93-94H,12,19-21,26-33,73,75H2,1-11H3,(H2,74,95)(H,78,80)(H,81,107)(H,82,96)(H,83,99)(H,84,100)(H,85,101)(H,86,97)(H,87,104)(H,88,103)(H,89,106)(H,90,102)(H,91,105)(H,92,98)(H,108,109)(H4,76,77,79)/t39-,40-,41+,42+,46-,47-,48-,49-,50-,51-,53-,54-,55-,56-,57-,58-/m0/s1. The molecule has 1 aromatic heterocycles. The second-order valence-corrected chi connectivity index (χ2v) is 28.1. The van der Waals surface area contributed by atoms with E-state index in [1.165, 1.54) is 33.3 Å². The number of hydrogen-bond acceptors (Lipinski definition) is 20. The highest BCUT2D eigenvalue weighted by atomic mass is 16.4. The predicted molar refractivity (Wildman–Crippen MR) is 401 cm³/mol. The first kappa shape index (κ1) is 92.5. The maximum absolute atomic E-state index is 15.0. The number of H-pyrrole nitrogens is 1. The quantitative estimate of drug-likeness (QED) is 0.0144. The molecule has 0 aliphatic heterocycles. The van der Waals surface area contributed by atoms with Gasteiger partial charge in [0.25, 0.3) is 0 Å². The number of guanidine groups is 1. The Balaban J connectivity index is 1.96. The van der Waals surface area contributed by atoms with Crippen molar-refractivity contribution >= 4 is 88.7 Å². The summed E-state index contributed by atoms with van der Waals surface area (Å²) in [5.74, 6) is -16.3. The fourth-order valence-electron chi connectivity index (χ4n) is 11.0. The van der Waals surface area contributed by atoms with Gasteiger partial charge in [-0.2, -0.15) is 0 Å². The number of aliphatic imine (C=N–C) groups is 1. The fraction of sp³-hybridized carbons (Fsp3) is 0.583. The van der Waals surface area contributed by atoms with Crippen LogP contribution in [0.2, 0.25) is 0 Å². The molecule has 37 heteroatoms. The maximum atomic E-state index is 15.0. The molecular formula is C72H114N20O17. The lowest BCUT2D eigenvalue weighted by Crippen LogP contribution is -2.63. The van der Waals surface area contributed by atoms with Gasteiger partial charge in [0.05, 0.1) is 31.0 Å². The molecule has 16 atom stereocenters. The molecule has 3 rings (SSSR count). The van der Waals surface area contributed by atoms with Crippen LogP contribution >= 0.6 is 0 Å². The van der Waals surface area contributed by atoms with Crippen molar-refractivity contribution in [3.63, 3.8) is 0 Å². The first-order chi connectivity index (χ1) is 51.3. The number of primary amides is 1. The van der Waals surface area contributed by atoms with E-state index >= 15 is 0 Å². The van der Waals surface area contributed by atoms with Gasteiger partial charge in [-0.1, -0.05) is 122 Å². The van der Waals surface area contributed by atoms with Crippen molar-refractivity contribution in [2.24, 2.45) is 57.3 Å². The molecule has 0 spiro atoms. The van der Waals surface area contributed by atoms with Gasteiger partial charge in [-0.05, 0) is 94.2 Å². The van der Waals surface area contributed by atoms with Crippen molar-refractivity contribution in [3.8, 4) is 0 Å². The molecule has 2 aromatic carbocycles. The molecule has 1 heterocycles. The van der Waals surface area contributed by atoms with Crippen molar-refractivity contribution < 1.29 is 82.4 Å². The van der Waals surface area contributed by atoms with Crippen LogP contribution in [0.3, 0.4) is 0 Å². The number of nitrogens with two attached hydrogens (primary N) is 5. The van der Waals surface area contributed by atoms with Gasteiger partial charge >= 0.3 is 5.97 Å². The zero-order chi connectivity index (χ0) is 81.9. The summed E-state index contributed by atoms with van der Waals surface area (Å²) in [6.07, 6.45) is -1.16. The Kier molecular flexibility index (Phi) is 39.5. The van der Waals surface area contributed by atoms with Crippen LogP contribution in [0.1, 0.15) is 138 Å². The molecule has 0 aliphatic rings. The van der Waals surface area contributed by atoms with Gasteiger partial charge in [0, 0.05) is 37.7 Å². The molecule has 26 N–H and O–H groups in total. The molecule has 0 saturated carbocycles. The van der Waals surface area contributed by atoms with E-state index in [0.717, 1.165) is 13.8 Å². The second-order valence-electron chi connectivity index (χ2n) is 28.1. The lowest BCUT2D eigenvalue weighted by atomic mass is 9.95. The number of imidazole rings is 1. The molecule has 604 valence electrons. The van der Waals surface area contributed by atoms with E-state index in [1.807, 2.05) is 0 Å². The highest BCUT2D eigenvalue weighted by molar-refractivity contribution is 6.01. The average Bonchev–Trinajstić information content (AvgIpc) is 1.68. The van der Waals surface area contributed by atoms with Crippen molar-refractivity contribution in [2.45, 2.75) is 231 Å². The van der Waals surface area contributed by atoms with Gasteiger partial charge in [0.1, 0.15) is 66.5 Å². The van der Waals surface area contributed by atoms with Gasteiger partial charge in [-0.25, -0.2) is 9.78 Å². The van der Waals surface area contributed by atoms with Crippen molar-refractivity contribution in [1.82, 2.24) is 73.8 Å². The predicted octanol–water partition coefficient (Wildman–Crippen LogP) is -4.48. The maximum Gasteiger partial charge on any atom is 0.328 e. The molecule has 0 bridgehead atoms. The van der Waals surface area contributed by atoms with E-state index in [-0.39, 0.29) is 76.3 Å². The van der Waals surface area contributed by atoms with Crippen molar-refractivity contribution in [3.05, 3.63) is 90.0 Å². The van der Waals surface area contributed by atoms with Crippen LogP contribution in [0.5, 0.6) is 0 Å². The van der Waals surface area contributed by atoms with Gasteiger partial charge in [0.15, 0.2) is 12.0 Å². The summed E-state index contributed by atoms with van der Waals surface area (Å²) in [4.78, 5) is 206. The third-order valence-corrected chi connectivity index (χ3v) is 17.8. The topological polar surface area (TPSA) is 615 Å². The number of aliphatic hydroxyl groups excluding tert-OH is 2. The largest absolute Gasteiger partial charge is 0.480 e. The molecule has 0 aliphatic carbocycles. The Bertz CT molecular complexity index is 3520. The van der Waals surface area contributed by atoms with Crippen LogP contribution in [0.4, 0.5) is 0 Å². The Hall–Kier alpha value is -10.7. The molecule has 37 nitrogen and oxygen atoms in total. The molecule has 3 aromatic rings. The minimum atomic E-state index is -1.82. The summed E-state index contributed by atoms with van der Waals surface area (Å²) >= 11 is 0. The van der Waals surface area contributed by atoms with E-state index in [4.69, 9.17) is 28.7 Å². The number of unbranched alkanes of at least 4 members (excludes halogenated alkanes) is 1. The lowest BCUT2D eigenvalue weighted by Gasteiger charge is -2.31. The molecule has 0 radical (unpaired) electrons. The number of nitrogens with zero attached hydrogens (tertiary/aromatic N) is 2. The summed E-state index contributed by atoms with van der Waals surface area (Å²) in [5, 5.41) is 61.0. The third kappa shape index (κ3) is 32.0. The van der Waals surface area contributed by atoms with Crippen LogP contribution in [-0.2, 0) is 86.4 Å². The Morgan fingerprint density at radius 2 is 0.844 bits per heavy atom. The molecular weight excluding hydrogens is 1420 g/mol. The van der Waals surface area contributed by atoms with Gasteiger partial charge in [0.2, 0.25) is 76.8 Å². The number of aromatic amines is 1. The average molecular weight is 1530 g/mol. The smallest absolute Gasteiger partial charge is 0.328 e. The molecule has 109 heavy (non-hydrogen) atoms. The van der Waals surface area contributed by atoms with Crippen LogP contribution in [-0.4, -0.2) is 218 Å². The van der Waals surface area contributed by atoms with Crippen LogP contribution < -0.4 is 92.5 Å². The minimum absolute atomic E-state index is 0.00547. The Labute approximate surface area is 634 Å². The summed E-state index contributed by atoms with van der Waals surface area (Å²) < 4.78 is 0. The normalized spacial score (nSPS) is 15.7. The zero-order valence-electron chi connectivity index (χ0n) is 63.7. The number of carbonyl (C=O) groups excluding carboxylic acids is 13. The van der Waals surface area contributed by atoms with Gasteiger partial charge in [-0.3, -0.25) is 67.3 Å². The molecule has 0 fully saturated rings. The Morgan fingerprint density at radius 3 is 1.29 bits per heavy atom. The first-order valence-corrected chi connectivity index (χ1v) is 36.4. The highest BCUT2D eigenvalue weighted by Gasteiger charge is 2.40. The number of aromatic nitrogens is 2. The summed E-state index contributed by atoms with van der Waals surface area (Å²) in [7, 11) is 0. The zero-order valence-corrected chi connectivity index (χ0v) is 63.7. The van der Waals surface area contributed by atoms with Crippen LogP contribution in [0.25, 0.3) is 0 Å².